The van der Waals surface area contributed by atoms with Crippen molar-refractivity contribution < 1.29 is 5.11 Å². The highest BCUT2D eigenvalue weighted by Crippen LogP contribution is 2.03. The number of aliphatic hydroxyl groups is 1. The van der Waals surface area contributed by atoms with Crippen molar-refractivity contribution in [1.29, 1.82) is 0 Å². The van der Waals surface area contributed by atoms with Crippen molar-refractivity contribution in [2.75, 3.05) is 0 Å². The molecule has 0 saturated carbocycles. The normalized spacial score (nSPS) is 12.9. The minimum absolute atomic E-state index is 0.439. The second-order valence-electron chi connectivity index (χ2n) is 3.05. The standard InChI is InChI=1S/C10H15NO/c1-8-4-3-5-10(6-8)7-11-9(2)12/h3-6,9,11-12H,7H2,1-2H3. The lowest BCUT2D eigenvalue weighted by Gasteiger charge is -2.07. The van der Waals surface area contributed by atoms with E-state index in [4.69, 9.17) is 5.11 Å². The van der Waals surface area contributed by atoms with Crippen molar-refractivity contribution in [3.05, 3.63) is 35.4 Å². The summed E-state index contributed by atoms with van der Waals surface area (Å²) in [6.07, 6.45) is -0.439. The molecule has 1 rings (SSSR count). The molecule has 0 heterocycles. The molecule has 0 aliphatic heterocycles. The SMILES string of the molecule is Cc1cccc(CNC(C)O)c1. The fraction of sp³-hybridized carbons (Fsp3) is 0.400. The first-order valence-corrected chi connectivity index (χ1v) is 4.15. The third-order valence-corrected chi connectivity index (χ3v) is 1.68. The summed E-state index contributed by atoms with van der Waals surface area (Å²) in [7, 11) is 0. The fourth-order valence-electron chi connectivity index (χ4n) is 1.09. The van der Waals surface area contributed by atoms with Gasteiger partial charge in [0.15, 0.2) is 0 Å². The molecule has 0 spiro atoms. The summed E-state index contributed by atoms with van der Waals surface area (Å²) in [6, 6.07) is 8.23. The van der Waals surface area contributed by atoms with Crippen LogP contribution in [0, 0.1) is 6.92 Å². The van der Waals surface area contributed by atoms with E-state index in [0.717, 1.165) is 6.54 Å². The van der Waals surface area contributed by atoms with Crippen LogP contribution in [-0.2, 0) is 6.54 Å². The monoisotopic (exact) mass is 165 g/mol. The summed E-state index contributed by atoms with van der Waals surface area (Å²) >= 11 is 0. The minimum atomic E-state index is -0.439. The van der Waals surface area contributed by atoms with Gasteiger partial charge in [-0.15, -0.1) is 0 Å². The molecule has 0 bridgehead atoms. The molecule has 1 unspecified atom stereocenters. The number of benzene rings is 1. The lowest BCUT2D eigenvalue weighted by Crippen LogP contribution is -2.24. The average molecular weight is 165 g/mol. The van der Waals surface area contributed by atoms with Crippen LogP contribution < -0.4 is 5.32 Å². The molecule has 0 fully saturated rings. The summed E-state index contributed by atoms with van der Waals surface area (Å²) in [6.45, 7) is 4.50. The van der Waals surface area contributed by atoms with Gasteiger partial charge in [-0.3, -0.25) is 5.32 Å². The Morgan fingerprint density at radius 1 is 1.50 bits per heavy atom. The molecular weight excluding hydrogens is 150 g/mol. The van der Waals surface area contributed by atoms with Crippen LogP contribution in [0.3, 0.4) is 0 Å². The van der Waals surface area contributed by atoms with Gasteiger partial charge in [-0.1, -0.05) is 29.8 Å². The second kappa shape index (κ2) is 4.24. The molecule has 1 atom stereocenters. The van der Waals surface area contributed by atoms with Crippen LogP contribution in [0.15, 0.2) is 24.3 Å². The van der Waals surface area contributed by atoms with Crippen LogP contribution in [0.5, 0.6) is 0 Å². The predicted molar refractivity (Wildman–Crippen MR) is 49.7 cm³/mol. The lowest BCUT2D eigenvalue weighted by atomic mass is 10.1. The molecule has 1 aromatic carbocycles. The Hall–Kier alpha value is -0.860. The molecule has 2 N–H and O–H groups in total. The maximum atomic E-state index is 8.97. The highest BCUT2D eigenvalue weighted by molar-refractivity contribution is 5.21. The molecule has 0 aliphatic carbocycles. The molecule has 0 aromatic heterocycles. The predicted octanol–water partition coefficient (Wildman–Crippen LogP) is 1.42. The molecule has 0 radical (unpaired) electrons. The average Bonchev–Trinajstić information content (AvgIpc) is 2.01. The van der Waals surface area contributed by atoms with Gasteiger partial charge in [0.25, 0.3) is 0 Å². The molecule has 12 heavy (non-hydrogen) atoms. The van der Waals surface area contributed by atoms with Crippen LogP contribution in [0.1, 0.15) is 18.1 Å². The van der Waals surface area contributed by atoms with E-state index in [1.165, 1.54) is 11.1 Å². The molecule has 0 saturated heterocycles. The first-order chi connectivity index (χ1) is 5.68. The first kappa shape index (κ1) is 9.23. The van der Waals surface area contributed by atoms with Gasteiger partial charge in [0, 0.05) is 6.54 Å². The largest absolute Gasteiger partial charge is 0.379 e. The van der Waals surface area contributed by atoms with Crippen molar-refractivity contribution in [3.63, 3.8) is 0 Å². The highest BCUT2D eigenvalue weighted by atomic mass is 16.3. The fourth-order valence-corrected chi connectivity index (χ4v) is 1.09. The molecule has 66 valence electrons. The van der Waals surface area contributed by atoms with Crippen LogP contribution >= 0.6 is 0 Å². The Balaban J connectivity index is 2.52. The van der Waals surface area contributed by atoms with Crippen LogP contribution in [-0.4, -0.2) is 11.3 Å². The summed E-state index contributed by atoms with van der Waals surface area (Å²) in [5, 5.41) is 11.9. The van der Waals surface area contributed by atoms with E-state index in [9.17, 15) is 0 Å². The van der Waals surface area contributed by atoms with E-state index < -0.39 is 6.23 Å². The molecule has 2 heteroatoms. The van der Waals surface area contributed by atoms with Crippen molar-refractivity contribution in [1.82, 2.24) is 5.32 Å². The molecular formula is C10H15NO. The van der Waals surface area contributed by atoms with Gasteiger partial charge in [-0.05, 0) is 19.4 Å². The number of nitrogens with one attached hydrogen (secondary N) is 1. The van der Waals surface area contributed by atoms with Crippen molar-refractivity contribution in [3.8, 4) is 0 Å². The van der Waals surface area contributed by atoms with Crippen LogP contribution in [0.25, 0.3) is 0 Å². The number of rotatable bonds is 3. The van der Waals surface area contributed by atoms with Crippen molar-refractivity contribution in [2.24, 2.45) is 0 Å². The third-order valence-electron chi connectivity index (χ3n) is 1.68. The van der Waals surface area contributed by atoms with E-state index in [0.29, 0.717) is 0 Å². The van der Waals surface area contributed by atoms with Gasteiger partial charge >= 0.3 is 0 Å². The highest BCUT2D eigenvalue weighted by Gasteiger charge is 1.95. The van der Waals surface area contributed by atoms with E-state index >= 15 is 0 Å². The second-order valence-corrected chi connectivity index (χ2v) is 3.05. The van der Waals surface area contributed by atoms with E-state index in [2.05, 4.69) is 24.4 Å². The zero-order valence-electron chi connectivity index (χ0n) is 7.54. The Morgan fingerprint density at radius 3 is 2.83 bits per heavy atom. The van der Waals surface area contributed by atoms with Gasteiger partial charge in [-0.25, -0.2) is 0 Å². The minimum Gasteiger partial charge on any atom is -0.379 e. The topological polar surface area (TPSA) is 32.3 Å². The molecule has 2 nitrogen and oxygen atoms in total. The van der Waals surface area contributed by atoms with Gasteiger partial charge in [0.05, 0.1) is 0 Å². The number of hydrogen-bond acceptors (Lipinski definition) is 2. The molecule has 1 aromatic rings. The van der Waals surface area contributed by atoms with E-state index in [1.54, 1.807) is 6.92 Å². The summed E-state index contributed by atoms with van der Waals surface area (Å²) in [4.78, 5) is 0. The van der Waals surface area contributed by atoms with Crippen LogP contribution in [0.2, 0.25) is 0 Å². The smallest absolute Gasteiger partial charge is 0.102 e. The molecule has 0 aliphatic rings. The lowest BCUT2D eigenvalue weighted by molar-refractivity contribution is 0.155. The van der Waals surface area contributed by atoms with Gasteiger partial charge in [-0.2, -0.15) is 0 Å². The van der Waals surface area contributed by atoms with Crippen molar-refractivity contribution >= 4 is 0 Å². The number of aliphatic hydroxyl groups excluding tert-OH is 1. The molecule has 0 amide bonds. The van der Waals surface area contributed by atoms with Gasteiger partial charge in [0.2, 0.25) is 0 Å². The van der Waals surface area contributed by atoms with Crippen LogP contribution in [0.4, 0.5) is 0 Å². The Kier molecular flexibility index (Phi) is 3.26. The van der Waals surface area contributed by atoms with Gasteiger partial charge in [0.1, 0.15) is 6.23 Å². The Bertz CT molecular complexity index is 245. The maximum Gasteiger partial charge on any atom is 0.102 e. The zero-order chi connectivity index (χ0) is 8.97. The van der Waals surface area contributed by atoms with Gasteiger partial charge < -0.3 is 5.11 Å². The quantitative estimate of drug-likeness (QED) is 0.664. The number of hydrogen-bond donors (Lipinski definition) is 2. The van der Waals surface area contributed by atoms with Crippen molar-refractivity contribution in [2.45, 2.75) is 26.6 Å². The maximum absolute atomic E-state index is 8.97. The van der Waals surface area contributed by atoms with E-state index in [1.807, 2.05) is 12.1 Å². The summed E-state index contributed by atoms with van der Waals surface area (Å²) in [5.74, 6) is 0. The first-order valence-electron chi connectivity index (χ1n) is 4.15. The summed E-state index contributed by atoms with van der Waals surface area (Å²) in [5.41, 5.74) is 2.45. The zero-order valence-corrected chi connectivity index (χ0v) is 7.54. The van der Waals surface area contributed by atoms with E-state index in [-0.39, 0.29) is 0 Å². The summed E-state index contributed by atoms with van der Waals surface area (Å²) < 4.78 is 0. The third kappa shape index (κ3) is 3.03. The number of aryl methyl sites for hydroxylation is 1. The Labute approximate surface area is 73.2 Å². The Morgan fingerprint density at radius 2 is 2.25 bits per heavy atom.